The Morgan fingerprint density at radius 1 is 0.889 bits per heavy atom. The predicted octanol–water partition coefficient (Wildman–Crippen LogP) is 4.42. The second kappa shape index (κ2) is 5.25. The molecular formula is C16H18BrN. The van der Waals surface area contributed by atoms with Gasteiger partial charge >= 0.3 is 0 Å². The molecule has 1 nitrogen and oxygen atoms in total. The zero-order valence-corrected chi connectivity index (χ0v) is 12.6. The summed E-state index contributed by atoms with van der Waals surface area (Å²) < 4.78 is 1.11. The fraction of sp³-hybridized carbons (Fsp3) is 0.250. The number of rotatable bonds is 2. The van der Waals surface area contributed by atoms with Gasteiger partial charge in [0.25, 0.3) is 0 Å². The average molecular weight is 304 g/mol. The normalized spacial score (nSPS) is 12.5. The van der Waals surface area contributed by atoms with Crippen LogP contribution >= 0.6 is 15.9 Å². The maximum Gasteiger partial charge on any atom is 0.0565 e. The molecule has 0 amide bonds. The molecule has 0 spiro atoms. The molecule has 1 atom stereocenters. The van der Waals surface area contributed by atoms with E-state index in [0.29, 0.717) is 0 Å². The quantitative estimate of drug-likeness (QED) is 0.873. The van der Waals surface area contributed by atoms with E-state index in [1.807, 2.05) is 0 Å². The lowest BCUT2D eigenvalue weighted by atomic mass is 9.93. The molecule has 0 aromatic heterocycles. The summed E-state index contributed by atoms with van der Waals surface area (Å²) in [5.74, 6) is 0. The van der Waals surface area contributed by atoms with Gasteiger partial charge in [-0.15, -0.1) is 0 Å². The molecule has 0 bridgehead atoms. The smallest absolute Gasteiger partial charge is 0.0565 e. The molecule has 2 heteroatoms. The number of hydrogen-bond donors (Lipinski definition) is 1. The van der Waals surface area contributed by atoms with Crippen molar-refractivity contribution in [1.82, 2.24) is 0 Å². The van der Waals surface area contributed by atoms with Crippen LogP contribution in [0.15, 0.2) is 40.9 Å². The molecule has 1 unspecified atom stereocenters. The first kappa shape index (κ1) is 13.3. The van der Waals surface area contributed by atoms with Crippen LogP contribution in [0, 0.1) is 20.8 Å². The molecule has 94 valence electrons. The van der Waals surface area contributed by atoms with Crippen molar-refractivity contribution < 1.29 is 0 Å². The molecule has 0 saturated carbocycles. The van der Waals surface area contributed by atoms with Crippen LogP contribution in [0.4, 0.5) is 0 Å². The van der Waals surface area contributed by atoms with Gasteiger partial charge < -0.3 is 5.73 Å². The third-order valence-corrected chi connectivity index (χ3v) is 4.62. The summed E-state index contributed by atoms with van der Waals surface area (Å²) in [5, 5.41) is 0. The van der Waals surface area contributed by atoms with E-state index in [1.165, 1.54) is 22.3 Å². The van der Waals surface area contributed by atoms with Crippen molar-refractivity contribution in [1.29, 1.82) is 0 Å². The molecule has 18 heavy (non-hydrogen) atoms. The first-order valence-corrected chi connectivity index (χ1v) is 6.88. The standard InChI is InChI=1S/C16H18BrN/c1-10-6-4-8-13(12(10)3)16(18)14-9-5-7-11(2)15(14)17/h4-9,16H,18H2,1-3H3. The summed E-state index contributed by atoms with van der Waals surface area (Å²) in [4.78, 5) is 0. The van der Waals surface area contributed by atoms with Gasteiger partial charge in [-0.25, -0.2) is 0 Å². The van der Waals surface area contributed by atoms with Crippen molar-refractivity contribution in [2.45, 2.75) is 26.8 Å². The van der Waals surface area contributed by atoms with Crippen molar-refractivity contribution >= 4 is 15.9 Å². The largest absolute Gasteiger partial charge is 0.320 e. The molecule has 0 aliphatic heterocycles. The van der Waals surface area contributed by atoms with E-state index in [0.717, 1.165) is 10.0 Å². The van der Waals surface area contributed by atoms with Crippen LogP contribution in [-0.4, -0.2) is 0 Å². The number of aryl methyl sites for hydroxylation is 2. The molecular weight excluding hydrogens is 286 g/mol. The lowest BCUT2D eigenvalue weighted by Gasteiger charge is -2.18. The molecule has 0 fully saturated rings. The molecule has 2 rings (SSSR count). The Kier molecular flexibility index (Phi) is 3.88. The third kappa shape index (κ3) is 2.36. The summed E-state index contributed by atoms with van der Waals surface area (Å²) in [6.07, 6.45) is 0. The number of halogens is 1. The Balaban J connectivity index is 2.51. The van der Waals surface area contributed by atoms with Gasteiger partial charge in [-0.1, -0.05) is 52.3 Å². The minimum absolute atomic E-state index is 0.0841. The van der Waals surface area contributed by atoms with E-state index in [1.54, 1.807) is 0 Å². The van der Waals surface area contributed by atoms with E-state index in [2.05, 4.69) is 73.1 Å². The Labute approximate surface area is 117 Å². The maximum atomic E-state index is 6.43. The van der Waals surface area contributed by atoms with Crippen molar-refractivity contribution in [3.05, 3.63) is 68.7 Å². The van der Waals surface area contributed by atoms with Gasteiger partial charge in [-0.3, -0.25) is 0 Å². The molecule has 0 aliphatic carbocycles. The van der Waals surface area contributed by atoms with Crippen LogP contribution in [0.5, 0.6) is 0 Å². The number of nitrogens with two attached hydrogens (primary N) is 1. The van der Waals surface area contributed by atoms with Gasteiger partial charge in [0, 0.05) is 4.47 Å². The molecule has 2 aromatic carbocycles. The zero-order chi connectivity index (χ0) is 13.3. The number of hydrogen-bond acceptors (Lipinski definition) is 1. The summed E-state index contributed by atoms with van der Waals surface area (Å²) >= 11 is 3.64. The highest BCUT2D eigenvalue weighted by atomic mass is 79.9. The SMILES string of the molecule is Cc1cccc(C(N)c2cccc(C)c2Br)c1C. The van der Waals surface area contributed by atoms with Gasteiger partial charge in [0.15, 0.2) is 0 Å². The van der Waals surface area contributed by atoms with E-state index in [4.69, 9.17) is 5.73 Å². The fourth-order valence-electron chi connectivity index (χ4n) is 2.19. The van der Waals surface area contributed by atoms with Crippen LogP contribution in [0.1, 0.15) is 33.9 Å². The lowest BCUT2D eigenvalue weighted by Crippen LogP contribution is -2.14. The molecule has 2 aromatic rings. The average Bonchev–Trinajstić information content (AvgIpc) is 2.35. The highest BCUT2D eigenvalue weighted by molar-refractivity contribution is 9.10. The molecule has 0 saturated heterocycles. The summed E-state index contributed by atoms with van der Waals surface area (Å²) in [7, 11) is 0. The van der Waals surface area contributed by atoms with Crippen molar-refractivity contribution in [3.8, 4) is 0 Å². The Hall–Kier alpha value is -1.12. The maximum absolute atomic E-state index is 6.43. The summed E-state index contributed by atoms with van der Waals surface area (Å²) in [6.45, 7) is 6.34. The second-order valence-corrected chi connectivity index (χ2v) is 5.54. The van der Waals surface area contributed by atoms with E-state index in [9.17, 15) is 0 Å². The Morgan fingerprint density at radius 3 is 2.11 bits per heavy atom. The van der Waals surface area contributed by atoms with Crippen LogP contribution in [0.25, 0.3) is 0 Å². The highest BCUT2D eigenvalue weighted by Gasteiger charge is 2.15. The molecule has 2 N–H and O–H groups in total. The monoisotopic (exact) mass is 303 g/mol. The number of benzene rings is 2. The summed E-state index contributed by atoms with van der Waals surface area (Å²) in [6, 6.07) is 12.5. The van der Waals surface area contributed by atoms with Crippen molar-refractivity contribution in [2.75, 3.05) is 0 Å². The minimum Gasteiger partial charge on any atom is -0.320 e. The molecule has 0 heterocycles. The minimum atomic E-state index is -0.0841. The Bertz CT molecular complexity index is 524. The fourth-order valence-corrected chi connectivity index (χ4v) is 2.70. The third-order valence-electron chi connectivity index (χ3n) is 3.54. The lowest BCUT2D eigenvalue weighted by molar-refractivity contribution is 0.851. The van der Waals surface area contributed by atoms with Crippen molar-refractivity contribution in [3.63, 3.8) is 0 Å². The zero-order valence-electron chi connectivity index (χ0n) is 11.0. The van der Waals surface area contributed by atoms with Crippen LogP contribution in [-0.2, 0) is 0 Å². The first-order valence-electron chi connectivity index (χ1n) is 6.09. The van der Waals surface area contributed by atoms with E-state index >= 15 is 0 Å². The van der Waals surface area contributed by atoms with E-state index < -0.39 is 0 Å². The van der Waals surface area contributed by atoms with Gasteiger partial charge in [-0.05, 0) is 48.6 Å². The van der Waals surface area contributed by atoms with Crippen LogP contribution in [0.3, 0.4) is 0 Å². The first-order chi connectivity index (χ1) is 8.52. The van der Waals surface area contributed by atoms with Crippen molar-refractivity contribution in [2.24, 2.45) is 5.73 Å². The van der Waals surface area contributed by atoms with Crippen LogP contribution < -0.4 is 5.73 Å². The summed E-state index contributed by atoms with van der Waals surface area (Å²) in [5.41, 5.74) is 12.5. The van der Waals surface area contributed by atoms with E-state index in [-0.39, 0.29) is 6.04 Å². The Morgan fingerprint density at radius 2 is 1.44 bits per heavy atom. The van der Waals surface area contributed by atoms with Gasteiger partial charge in [-0.2, -0.15) is 0 Å². The molecule has 0 aliphatic rings. The van der Waals surface area contributed by atoms with Gasteiger partial charge in [0.05, 0.1) is 6.04 Å². The van der Waals surface area contributed by atoms with Gasteiger partial charge in [0.1, 0.15) is 0 Å². The van der Waals surface area contributed by atoms with Crippen LogP contribution in [0.2, 0.25) is 0 Å². The topological polar surface area (TPSA) is 26.0 Å². The predicted molar refractivity (Wildman–Crippen MR) is 80.8 cm³/mol. The van der Waals surface area contributed by atoms with Gasteiger partial charge in [0.2, 0.25) is 0 Å². The molecule has 0 radical (unpaired) electrons. The highest BCUT2D eigenvalue weighted by Crippen LogP contribution is 2.31. The second-order valence-electron chi connectivity index (χ2n) is 4.74.